The van der Waals surface area contributed by atoms with Gasteiger partial charge in [0.1, 0.15) is 0 Å². The summed E-state index contributed by atoms with van der Waals surface area (Å²) in [7, 11) is 1.78. The summed E-state index contributed by atoms with van der Waals surface area (Å²) in [5.74, 6) is 0.872. The summed E-state index contributed by atoms with van der Waals surface area (Å²) in [6.45, 7) is 3.50. The Kier molecular flexibility index (Phi) is 4.97. The maximum atomic E-state index is 14.2. The predicted molar refractivity (Wildman–Crippen MR) is 124 cm³/mol. The number of carbonyl (C=O) groups excluding carboxylic acids is 1. The van der Waals surface area contributed by atoms with E-state index in [4.69, 9.17) is 5.10 Å². The molecular formula is C25H28F2N6O. The minimum absolute atomic E-state index is 0.0105. The van der Waals surface area contributed by atoms with E-state index in [0.29, 0.717) is 36.8 Å². The molecule has 7 nitrogen and oxygen atoms in total. The van der Waals surface area contributed by atoms with Gasteiger partial charge in [-0.2, -0.15) is 10.2 Å². The maximum absolute atomic E-state index is 14.2. The van der Waals surface area contributed by atoms with Crippen molar-refractivity contribution >= 4 is 17.4 Å². The monoisotopic (exact) mass is 466 g/mol. The number of hydrogen-bond acceptors (Lipinski definition) is 4. The van der Waals surface area contributed by atoms with E-state index in [9.17, 15) is 13.6 Å². The SMILES string of the molecule is CC(=O)N1CCc2c(c(N3CCc4cc(-c5cnn(C)c5)c(C(F)F)cc43)nn2C2CCC2)C1. The molecular weight excluding hydrogens is 438 g/mol. The Hall–Kier alpha value is -3.23. The van der Waals surface area contributed by atoms with Gasteiger partial charge in [-0.25, -0.2) is 8.78 Å². The summed E-state index contributed by atoms with van der Waals surface area (Å²) in [5.41, 5.74) is 5.34. The molecule has 2 aliphatic heterocycles. The molecule has 1 aromatic carbocycles. The third-order valence-corrected chi connectivity index (χ3v) is 7.58. The Bertz CT molecular complexity index is 1270. The zero-order valence-corrected chi connectivity index (χ0v) is 19.5. The van der Waals surface area contributed by atoms with Crippen molar-refractivity contribution in [3.63, 3.8) is 0 Å². The third-order valence-electron chi connectivity index (χ3n) is 7.58. The van der Waals surface area contributed by atoms with E-state index in [-0.39, 0.29) is 11.5 Å². The average Bonchev–Trinajstić information content (AvgIpc) is 3.48. The van der Waals surface area contributed by atoms with Crippen LogP contribution in [0.1, 0.15) is 61.0 Å². The molecule has 34 heavy (non-hydrogen) atoms. The van der Waals surface area contributed by atoms with E-state index in [1.165, 1.54) is 12.1 Å². The molecule has 0 bridgehead atoms. The molecule has 9 heteroatoms. The van der Waals surface area contributed by atoms with Gasteiger partial charge in [0.15, 0.2) is 5.82 Å². The van der Waals surface area contributed by atoms with Crippen molar-refractivity contribution in [3.8, 4) is 11.1 Å². The zero-order valence-electron chi connectivity index (χ0n) is 19.5. The molecule has 0 atom stereocenters. The highest BCUT2D eigenvalue weighted by Crippen LogP contribution is 2.45. The molecule has 0 unspecified atom stereocenters. The van der Waals surface area contributed by atoms with Gasteiger partial charge in [-0.3, -0.25) is 14.2 Å². The molecule has 6 rings (SSSR count). The van der Waals surface area contributed by atoms with E-state index in [0.717, 1.165) is 48.3 Å². The lowest BCUT2D eigenvalue weighted by Crippen LogP contribution is -2.35. The van der Waals surface area contributed by atoms with Crippen LogP contribution in [0, 0.1) is 0 Å². The first-order valence-corrected chi connectivity index (χ1v) is 12.0. The average molecular weight is 467 g/mol. The number of aryl methyl sites for hydroxylation is 1. The number of amides is 1. The van der Waals surface area contributed by atoms with Crippen LogP contribution >= 0.6 is 0 Å². The van der Waals surface area contributed by atoms with Crippen LogP contribution in [-0.4, -0.2) is 43.5 Å². The highest BCUT2D eigenvalue weighted by Gasteiger charge is 2.35. The Morgan fingerprint density at radius 3 is 2.65 bits per heavy atom. The number of rotatable bonds is 4. The maximum Gasteiger partial charge on any atom is 0.264 e. The zero-order chi connectivity index (χ0) is 23.6. The lowest BCUT2D eigenvalue weighted by atomic mass is 9.92. The summed E-state index contributed by atoms with van der Waals surface area (Å²) < 4.78 is 32.2. The molecule has 1 saturated carbocycles. The minimum atomic E-state index is -2.60. The van der Waals surface area contributed by atoms with Crippen molar-refractivity contribution in [2.45, 2.75) is 58.0 Å². The number of alkyl halides is 2. The number of halogens is 2. The number of carbonyl (C=O) groups is 1. The van der Waals surface area contributed by atoms with Gasteiger partial charge in [0.25, 0.3) is 6.43 Å². The van der Waals surface area contributed by atoms with Crippen LogP contribution in [0.2, 0.25) is 0 Å². The number of anilines is 2. The van der Waals surface area contributed by atoms with E-state index < -0.39 is 6.43 Å². The second-order valence-electron chi connectivity index (χ2n) is 9.64. The molecule has 1 fully saturated rings. The third kappa shape index (κ3) is 3.32. The highest BCUT2D eigenvalue weighted by molar-refractivity contribution is 5.79. The normalized spacial score (nSPS) is 17.8. The predicted octanol–water partition coefficient (Wildman–Crippen LogP) is 4.55. The van der Waals surface area contributed by atoms with Crippen LogP contribution in [0.25, 0.3) is 11.1 Å². The van der Waals surface area contributed by atoms with Crippen LogP contribution in [-0.2, 0) is 31.2 Å². The Morgan fingerprint density at radius 1 is 1.18 bits per heavy atom. The van der Waals surface area contributed by atoms with Crippen LogP contribution in [0.15, 0.2) is 24.5 Å². The van der Waals surface area contributed by atoms with Crippen molar-refractivity contribution in [2.24, 2.45) is 7.05 Å². The highest BCUT2D eigenvalue weighted by atomic mass is 19.3. The van der Waals surface area contributed by atoms with Gasteiger partial charge in [0.2, 0.25) is 5.91 Å². The van der Waals surface area contributed by atoms with Gasteiger partial charge in [-0.15, -0.1) is 0 Å². The number of fused-ring (bicyclic) bond motifs is 2. The van der Waals surface area contributed by atoms with Gasteiger partial charge in [0.05, 0.1) is 18.8 Å². The first-order valence-electron chi connectivity index (χ1n) is 12.0. The van der Waals surface area contributed by atoms with Crippen LogP contribution in [0.5, 0.6) is 0 Å². The van der Waals surface area contributed by atoms with Gasteiger partial charge in [0, 0.05) is 67.8 Å². The van der Waals surface area contributed by atoms with Crippen LogP contribution in [0.4, 0.5) is 20.3 Å². The molecule has 0 saturated heterocycles. The first kappa shape index (κ1) is 21.3. The number of hydrogen-bond donors (Lipinski definition) is 0. The Balaban J connectivity index is 1.45. The number of benzene rings is 1. The molecule has 1 amide bonds. The van der Waals surface area contributed by atoms with Crippen molar-refractivity contribution in [1.82, 2.24) is 24.5 Å². The standard InChI is InChI=1S/C25H28F2N6O/c1-15(34)31-8-7-22-21(14-31)25(29-33(22)18-4-3-5-18)32-9-6-16-10-19(17-12-28-30(2)13-17)20(24(26)27)11-23(16)32/h10-13,18,24H,3-9,14H2,1-2H3. The molecule has 3 aliphatic rings. The van der Waals surface area contributed by atoms with E-state index in [1.807, 2.05) is 11.0 Å². The van der Waals surface area contributed by atoms with Crippen molar-refractivity contribution in [3.05, 3.63) is 46.9 Å². The molecule has 4 heterocycles. The van der Waals surface area contributed by atoms with Gasteiger partial charge >= 0.3 is 0 Å². The lowest BCUT2D eigenvalue weighted by Gasteiger charge is -2.31. The topological polar surface area (TPSA) is 59.2 Å². The molecule has 178 valence electrons. The molecule has 0 N–H and O–H groups in total. The van der Waals surface area contributed by atoms with Crippen molar-refractivity contribution in [1.29, 1.82) is 0 Å². The van der Waals surface area contributed by atoms with Gasteiger partial charge in [-0.1, -0.05) is 0 Å². The summed E-state index contributed by atoms with van der Waals surface area (Å²) >= 11 is 0. The van der Waals surface area contributed by atoms with E-state index in [1.54, 1.807) is 37.1 Å². The molecule has 2 aromatic heterocycles. The van der Waals surface area contributed by atoms with Crippen molar-refractivity contribution in [2.75, 3.05) is 18.0 Å². The second-order valence-corrected chi connectivity index (χ2v) is 9.64. The fourth-order valence-electron chi connectivity index (χ4n) is 5.51. The van der Waals surface area contributed by atoms with Crippen LogP contribution < -0.4 is 4.90 Å². The Labute approximate surface area is 196 Å². The second kappa shape index (κ2) is 7.92. The fourth-order valence-corrected chi connectivity index (χ4v) is 5.51. The van der Waals surface area contributed by atoms with Crippen LogP contribution in [0.3, 0.4) is 0 Å². The molecule has 3 aromatic rings. The first-order chi connectivity index (χ1) is 16.4. The number of nitrogens with zero attached hydrogens (tertiary/aromatic N) is 6. The Morgan fingerprint density at radius 2 is 2.00 bits per heavy atom. The van der Waals surface area contributed by atoms with E-state index >= 15 is 0 Å². The van der Waals surface area contributed by atoms with Crippen molar-refractivity contribution < 1.29 is 13.6 Å². The number of aromatic nitrogens is 4. The molecule has 0 radical (unpaired) electrons. The summed E-state index contributed by atoms with van der Waals surface area (Å²) in [4.78, 5) is 16.1. The van der Waals surface area contributed by atoms with Gasteiger partial charge in [-0.05, 0) is 48.9 Å². The fraction of sp³-hybridized carbons (Fsp3) is 0.480. The minimum Gasteiger partial charge on any atom is -0.338 e. The summed E-state index contributed by atoms with van der Waals surface area (Å²) in [6.07, 6.45) is 5.78. The summed E-state index contributed by atoms with van der Waals surface area (Å²) in [6, 6.07) is 3.93. The lowest BCUT2D eigenvalue weighted by molar-refractivity contribution is -0.129. The quantitative estimate of drug-likeness (QED) is 0.566. The largest absolute Gasteiger partial charge is 0.338 e. The molecule has 0 spiro atoms. The summed E-state index contributed by atoms with van der Waals surface area (Å²) in [5, 5.41) is 9.22. The molecule has 1 aliphatic carbocycles. The van der Waals surface area contributed by atoms with Gasteiger partial charge < -0.3 is 9.80 Å². The smallest absolute Gasteiger partial charge is 0.264 e. The van der Waals surface area contributed by atoms with E-state index in [2.05, 4.69) is 14.7 Å².